The van der Waals surface area contributed by atoms with Crippen LogP contribution in [0.3, 0.4) is 0 Å². The fourth-order valence-electron chi connectivity index (χ4n) is 4.43. The Morgan fingerprint density at radius 2 is 1.27 bits per heavy atom. The molecule has 0 heteroatoms. The van der Waals surface area contributed by atoms with Crippen LogP contribution in [-0.2, 0) is 0 Å². The molecule has 0 atom stereocenters. The van der Waals surface area contributed by atoms with Crippen LogP contribution in [0.15, 0.2) is 72.8 Å². The van der Waals surface area contributed by atoms with E-state index >= 15 is 0 Å². The molecule has 26 heavy (non-hydrogen) atoms. The van der Waals surface area contributed by atoms with Gasteiger partial charge in [0.2, 0.25) is 0 Å². The Morgan fingerprint density at radius 3 is 1.96 bits per heavy atom. The van der Waals surface area contributed by atoms with Crippen LogP contribution in [0.5, 0.6) is 0 Å². The molecule has 0 saturated carbocycles. The Balaban J connectivity index is 1.98. The van der Waals surface area contributed by atoms with E-state index < -0.39 is 0 Å². The summed E-state index contributed by atoms with van der Waals surface area (Å²) < 4.78 is 0. The van der Waals surface area contributed by atoms with E-state index in [2.05, 4.69) is 85.0 Å². The fourth-order valence-corrected chi connectivity index (χ4v) is 4.43. The Morgan fingerprint density at radius 1 is 0.615 bits per heavy atom. The molecule has 0 N–H and O–H groups in total. The summed E-state index contributed by atoms with van der Waals surface area (Å²) in [7, 11) is 0. The molecule has 0 bridgehead atoms. The normalized spacial score (nSPS) is 15.8. The lowest BCUT2D eigenvalue weighted by Crippen LogP contribution is -2.33. The molecule has 0 aliphatic heterocycles. The van der Waals surface area contributed by atoms with Crippen molar-refractivity contribution in [3.05, 3.63) is 88.8 Å². The van der Waals surface area contributed by atoms with Crippen LogP contribution in [0.1, 0.15) is 31.2 Å². The van der Waals surface area contributed by atoms with Gasteiger partial charge in [0.05, 0.1) is 0 Å². The van der Waals surface area contributed by atoms with Gasteiger partial charge in [-0.05, 0) is 69.2 Å². The van der Waals surface area contributed by atoms with Gasteiger partial charge >= 0.3 is 0 Å². The first-order chi connectivity index (χ1) is 12.9. The lowest BCUT2D eigenvalue weighted by atomic mass is 9.84. The third kappa shape index (κ3) is 2.45. The van der Waals surface area contributed by atoms with Crippen molar-refractivity contribution in [2.75, 3.05) is 0 Å². The summed E-state index contributed by atoms with van der Waals surface area (Å²) in [6.45, 7) is 0. The average Bonchev–Trinajstić information content (AvgIpc) is 2.73. The number of hydrogen-bond donors (Lipinski definition) is 0. The monoisotopic (exact) mass is 334 g/mol. The SMILES string of the molecule is C1=CCCC(c2c3c(c(-c4ccccc4)c4ccccc24)=CCCC=3)=C1. The third-order valence-electron chi connectivity index (χ3n) is 5.56. The highest BCUT2D eigenvalue weighted by atomic mass is 14.2. The van der Waals surface area contributed by atoms with Crippen molar-refractivity contribution >= 4 is 28.5 Å². The van der Waals surface area contributed by atoms with Gasteiger partial charge in [0, 0.05) is 0 Å². The Bertz CT molecular complexity index is 1160. The molecule has 0 heterocycles. The zero-order valence-electron chi connectivity index (χ0n) is 14.9. The molecule has 126 valence electrons. The van der Waals surface area contributed by atoms with Gasteiger partial charge in [0.1, 0.15) is 0 Å². The molecule has 0 aromatic heterocycles. The standard InChI is InChI=1S/C26H22/c1-3-11-19(12-4-1)25-21-15-7-9-17-23(21)26(20-13-5-2-6-14-20)24-18-10-8-16-22(24)25/h1-5,7,9,11-13,15-18H,6,8,10,14H2. The van der Waals surface area contributed by atoms with E-state index in [-0.39, 0.29) is 0 Å². The largest absolute Gasteiger partial charge is 0.0842 e. The molecule has 3 aromatic rings. The highest BCUT2D eigenvalue weighted by molar-refractivity contribution is 6.03. The average molecular weight is 334 g/mol. The van der Waals surface area contributed by atoms with E-state index in [4.69, 9.17) is 0 Å². The highest BCUT2D eigenvalue weighted by Crippen LogP contribution is 2.32. The number of hydrogen-bond acceptors (Lipinski definition) is 0. The van der Waals surface area contributed by atoms with Gasteiger partial charge in [0.25, 0.3) is 0 Å². The summed E-state index contributed by atoms with van der Waals surface area (Å²) >= 11 is 0. The minimum absolute atomic E-state index is 1.13. The van der Waals surface area contributed by atoms with Gasteiger partial charge in [-0.25, -0.2) is 0 Å². The van der Waals surface area contributed by atoms with Gasteiger partial charge in [-0.3, -0.25) is 0 Å². The van der Waals surface area contributed by atoms with E-state index in [1.807, 2.05) is 0 Å². The van der Waals surface area contributed by atoms with Gasteiger partial charge in [-0.2, -0.15) is 0 Å². The van der Waals surface area contributed by atoms with E-state index in [0.29, 0.717) is 0 Å². The molecule has 0 spiro atoms. The van der Waals surface area contributed by atoms with Crippen molar-refractivity contribution in [2.45, 2.75) is 25.7 Å². The molecule has 0 amide bonds. The molecule has 5 rings (SSSR count). The fraction of sp³-hybridized carbons (Fsp3) is 0.154. The maximum Gasteiger partial charge on any atom is -0.00297 e. The lowest BCUT2D eigenvalue weighted by Gasteiger charge is -2.19. The molecule has 2 aliphatic rings. The molecule has 0 radical (unpaired) electrons. The van der Waals surface area contributed by atoms with E-state index in [9.17, 15) is 0 Å². The Labute approximate surface area is 154 Å². The molecular weight excluding hydrogens is 312 g/mol. The van der Waals surface area contributed by atoms with Crippen LogP contribution < -0.4 is 10.4 Å². The number of allylic oxidation sites excluding steroid dienone is 4. The lowest BCUT2D eigenvalue weighted by molar-refractivity contribution is 1.05. The topological polar surface area (TPSA) is 0 Å². The molecule has 2 aliphatic carbocycles. The van der Waals surface area contributed by atoms with Gasteiger partial charge in [-0.1, -0.05) is 85.0 Å². The Kier molecular flexibility index (Phi) is 3.83. The summed E-state index contributed by atoms with van der Waals surface area (Å²) in [6.07, 6.45) is 16.2. The predicted molar refractivity (Wildman–Crippen MR) is 113 cm³/mol. The smallest absolute Gasteiger partial charge is 0.00297 e. The molecule has 0 fully saturated rings. The van der Waals surface area contributed by atoms with Crippen molar-refractivity contribution in [3.63, 3.8) is 0 Å². The van der Waals surface area contributed by atoms with Crippen LogP contribution in [-0.4, -0.2) is 0 Å². The maximum atomic E-state index is 2.46. The van der Waals surface area contributed by atoms with Crippen molar-refractivity contribution in [1.82, 2.24) is 0 Å². The third-order valence-corrected chi connectivity index (χ3v) is 5.56. The van der Waals surface area contributed by atoms with Crippen LogP contribution in [0.25, 0.3) is 39.6 Å². The molecular formula is C26H22. The molecule has 0 nitrogen and oxygen atoms in total. The predicted octanol–water partition coefficient (Wildman–Crippen LogP) is 5.60. The summed E-state index contributed by atoms with van der Waals surface area (Å²) in [5.41, 5.74) is 5.64. The minimum Gasteiger partial charge on any atom is -0.0842 e. The van der Waals surface area contributed by atoms with Crippen LogP contribution in [0.2, 0.25) is 0 Å². The Hall–Kier alpha value is -2.86. The van der Waals surface area contributed by atoms with Gasteiger partial charge in [-0.15, -0.1) is 0 Å². The van der Waals surface area contributed by atoms with E-state index in [1.54, 1.807) is 0 Å². The van der Waals surface area contributed by atoms with Crippen molar-refractivity contribution in [1.29, 1.82) is 0 Å². The maximum absolute atomic E-state index is 2.46. The van der Waals surface area contributed by atoms with E-state index in [0.717, 1.165) is 25.7 Å². The summed E-state index contributed by atoms with van der Waals surface area (Å²) in [5, 5.41) is 5.62. The second kappa shape index (κ2) is 6.46. The molecule has 3 aromatic carbocycles. The first-order valence-corrected chi connectivity index (χ1v) is 9.60. The zero-order chi connectivity index (χ0) is 17.3. The quantitative estimate of drug-likeness (QED) is 0.572. The van der Waals surface area contributed by atoms with Crippen molar-refractivity contribution in [2.24, 2.45) is 0 Å². The van der Waals surface area contributed by atoms with Gasteiger partial charge < -0.3 is 0 Å². The van der Waals surface area contributed by atoms with Crippen LogP contribution in [0.4, 0.5) is 0 Å². The van der Waals surface area contributed by atoms with Crippen molar-refractivity contribution in [3.8, 4) is 11.1 Å². The van der Waals surface area contributed by atoms with Crippen LogP contribution in [0, 0.1) is 0 Å². The summed E-state index contributed by atoms with van der Waals surface area (Å²) in [6, 6.07) is 19.8. The van der Waals surface area contributed by atoms with Crippen molar-refractivity contribution < 1.29 is 0 Å². The molecule has 0 unspecified atom stereocenters. The minimum atomic E-state index is 1.13. The van der Waals surface area contributed by atoms with Crippen LogP contribution >= 0.6 is 0 Å². The molecule has 0 saturated heterocycles. The van der Waals surface area contributed by atoms with Gasteiger partial charge in [0.15, 0.2) is 0 Å². The number of fused-ring (bicyclic) bond motifs is 2. The highest BCUT2D eigenvalue weighted by Gasteiger charge is 2.16. The zero-order valence-corrected chi connectivity index (χ0v) is 14.9. The first kappa shape index (κ1) is 15.4. The second-order valence-corrected chi connectivity index (χ2v) is 7.13. The summed E-state index contributed by atoms with van der Waals surface area (Å²) in [4.78, 5) is 0. The number of benzene rings is 3. The first-order valence-electron chi connectivity index (χ1n) is 9.60. The summed E-state index contributed by atoms with van der Waals surface area (Å²) in [5.74, 6) is 0. The second-order valence-electron chi connectivity index (χ2n) is 7.13. The number of rotatable bonds is 2. The van der Waals surface area contributed by atoms with E-state index in [1.165, 1.54) is 43.5 Å².